The summed E-state index contributed by atoms with van der Waals surface area (Å²) in [6, 6.07) is 7.13. The van der Waals surface area contributed by atoms with E-state index in [0.717, 1.165) is 37.2 Å². The topological polar surface area (TPSA) is 69.7 Å². The number of amides is 3. The van der Waals surface area contributed by atoms with Crippen molar-refractivity contribution in [2.24, 2.45) is 0 Å². The summed E-state index contributed by atoms with van der Waals surface area (Å²) in [6.45, 7) is 0.735. The summed E-state index contributed by atoms with van der Waals surface area (Å²) in [6.07, 6.45) is 3.53. The van der Waals surface area contributed by atoms with E-state index in [1.54, 1.807) is 4.90 Å². The van der Waals surface area contributed by atoms with Gasteiger partial charge in [0.2, 0.25) is 11.8 Å². The Morgan fingerprint density at radius 2 is 1.91 bits per heavy atom. The van der Waals surface area contributed by atoms with Crippen molar-refractivity contribution in [2.45, 2.75) is 44.2 Å². The predicted molar refractivity (Wildman–Crippen MR) is 84.9 cm³/mol. The van der Waals surface area contributed by atoms with E-state index in [1.165, 1.54) is 4.90 Å². The van der Waals surface area contributed by atoms with Gasteiger partial charge in [0, 0.05) is 30.4 Å². The molecule has 4 rings (SSSR count). The summed E-state index contributed by atoms with van der Waals surface area (Å²) < 4.78 is 0. The summed E-state index contributed by atoms with van der Waals surface area (Å²) in [7, 11) is 0. The average Bonchev–Trinajstić information content (AvgIpc) is 3.20. The minimum absolute atomic E-state index is 0.0825. The third kappa shape index (κ3) is 2.58. The molecule has 0 aromatic heterocycles. The highest BCUT2D eigenvalue weighted by molar-refractivity contribution is 6.07. The molecule has 0 radical (unpaired) electrons. The maximum atomic E-state index is 12.4. The van der Waals surface area contributed by atoms with Crippen LogP contribution in [0.1, 0.15) is 32.1 Å². The van der Waals surface area contributed by atoms with Crippen molar-refractivity contribution in [1.82, 2.24) is 4.90 Å². The van der Waals surface area contributed by atoms with Gasteiger partial charge in [-0.1, -0.05) is 6.07 Å². The van der Waals surface area contributed by atoms with Crippen LogP contribution in [-0.4, -0.2) is 41.2 Å². The minimum atomic E-state index is -0.493. The molecule has 1 N–H and O–H groups in total. The molecule has 2 saturated heterocycles. The van der Waals surface area contributed by atoms with Crippen LogP contribution >= 0.6 is 0 Å². The Hall–Kier alpha value is -2.37. The number of likely N-dealkylation sites (tertiary alicyclic amines) is 1. The lowest BCUT2D eigenvalue weighted by Crippen LogP contribution is -2.36. The van der Waals surface area contributed by atoms with Gasteiger partial charge in [0.25, 0.3) is 5.91 Å². The van der Waals surface area contributed by atoms with Crippen molar-refractivity contribution in [3.05, 3.63) is 24.3 Å². The third-order valence-corrected chi connectivity index (χ3v) is 4.67. The highest BCUT2D eigenvalue weighted by Gasteiger charge is 2.46. The van der Waals surface area contributed by atoms with Crippen molar-refractivity contribution >= 4 is 29.1 Å². The van der Waals surface area contributed by atoms with Gasteiger partial charge in [0.15, 0.2) is 0 Å². The Labute approximate surface area is 134 Å². The molecule has 1 aromatic carbocycles. The first-order valence-electron chi connectivity index (χ1n) is 8.16. The van der Waals surface area contributed by atoms with Crippen molar-refractivity contribution in [2.75, 3.05) is 16.8 Å². The van der Waals surface area contributed by atoms with E-state index in [-0.39, 0.29) is 30.2 Å². The monoisotopic (exact) mass is 313 g/mol. The van der Waals surface area contributed by atoms with Gasteiger partial charge >= 0.3 is 0 Å². The molecule has 0 unspecified atom stereocenters. The Bertz CT molecular complexity index is 683. The molecular weight excluding hydrogens is 294 g/mol. The van der Waals surface area contributed by atoms with Crippen LogP contribution in [0, 0.1) is 0 Å². The van der Waals surface area contributed by atoms with E-state index >= 15 is 0 Å². The van der Waals surface area contributed by atoms with Gasteiger partial charge < -0.3 is 10.2 Å². The van der Waals surface area contributed by atoms with Crippen molar-refractivity contribution in [3.8, 4) is 0 Å². The second-order valence-corrected chi connectivity index (χ2v) is 6.43. The fourth-order valence-corrected chi connectivity index (χ4v) is 3.37. The molecule has 120 valence electrons. The SMILES string of the molecule is O=C1CCCN1c1cccc(N[C@@H]2CC(=O)N(C3CC3)C2=O)c1. The molecule has 1 saturated carbocycles. The number of imide groups is 1. The molecule has 2 heterocycles. The molecule has 3 fully saturated rings. The maximum Gasteiger partial charge on any atom is 0.252 e. The summed E-state index contributed by atoms with van der Waals surface area (Å²) >= 11 is 0. The number of hydrogen-bond acceptors (Lipinski definition) is 4. The highest BCUT2D eigenvalue weighted by Crippen LogP contribution is 2.32. The number of benzene rings is 1. The molecule has 1 atom stereocenters. The largest absolute Gasteiger partial charge is 0.373 e. The van der Waals surface area contributed by atoms with Crippen LogP contribution in [0.25, 0.3) is 0 Å². The fraction of sp³-hybridized carbons (Fsp3) is 0.471. The lowest BCUT2D eigenvalue weighted by atomic mass is 10.2. The van der Waals surface area contributed by atoms with Gasteiger partial charge in [-0.2, -0.15) is 0 Å². The highest BCUT2D eigenvalue weighted by atomic mass is 16.2. The van der Waals surface area contributed by atoms with Crippen LogP contribution in [0.5, 0.6) is 0 Å². The maximum absolute atomic E-state index is 12.4. The van der Waals surface area contributed by atoms with E-state index < -0.39 is 6.04 Å². The molecule has 2 aliphatic heterocycles. The van der Waals surface area contributed by atoms with Crippen LogP contribution in [0.2, 0.25) is 0 Å². The Kier molecular flexibility index (Phi) is 3.32. The number of carbonyl (C=O) groups excluding carboxylic acids is 3. The lowest BCUT2D eigenvalue weighted by Gasteiger charge is -2.19. The van der Waals surface area contributed by atoms with Crippen LogP contribution < -0.4 is 10.2 Å². The molecular formula is C17H19N3O3. The number of nitrogens with one attached hydrogen (secondary N) is 1. The van der Waals surface area contributed by atoms with Crippen LogP contribution in [0.4, 0.5) is 11.4 Å². The van der Waals surface area contributed by atoms with Gasteiger partial charge in [0.1, 0.15) is 6.04 Å². The van der Waals surface area contributed by atoms with Gasteiger partial charge in [-0.05, 0) is 37.5 Å². The zero-order valence-corrected chi connectivity index (χ0v) is 12.8. The summed E-state index contributed by atoms with van der Waals surface area (Å²) in [4.78, 5) is 39.4. The normalized spacial score (nSPS) is 24.7. The first-order valence-corrected chi connectivity index (χ1v) is 8.16. The zero-order chi connectivity index (χ0) is 16.0. The van der Waals surface area contributed by atoms with E-state index in [2.05, 4.69) is 5.32 Å². The van der Waals surface area contributed by atoms with Crippen molar-refractivity contribution in [1.29, 1.82) is 0 Å². The molecule has 1 aliphatic carbocycles. The summed E-state index contributed by atoms with van der Waals surface area (Å²) in [5.41, 5.74) is 1.61. The Balaban J connectivity index is 1.50. The quantitative estimate of drug-likeness (QED) is 0.856. The van der Waals surface area contributed by atoms with Gasteiger partial charge in [-0.25, -0.2) is 0 Å². The van der Waals surface area contributed by atoms with Gasteiger partial charge in [-0.3, -0.25) is 19.3 Å². The van der Waals surface area contributed by atoms with E-state index in [1.807, 2.05) is 24.3 Å². The Morgan fingerprint density at radius 1 is 1.09 bits per heavy atom. The molecule has 3 aliphatic rings. The van der Waals surface area contributed by atoms with Crippen LogP contribution in [0.15, 0.2) is 24.3 Å². The molecule has 1 aromatic rings. The molecule has 0 bridgehead atoms. The summed E-state index contributed by atoms with van der Waals surface area (Å²) in [5, 5.41) is 3.16. The third-order valence-electron chi connectivity index (χ3n) is 4.67. The average molecular weight is 313 g/mol. The van der Waals surface area contributed by atoms with Crippen LogP contribution in [0.3, 0.4) is 0 Å². The number of anilines is 2. The van der Waals surface area contributed by atoms with Crippen molar-refractivity contribution in [3.63, 3.8) is 0 Å². The molecule has 0 spiro atoms. The zero-order valence-electron chi connectivity index (χ0n) is 12.8. The molecule has 6 heteroatoms. The molecule has 23 heavy (non-hydrogen) atoms. The first-order chi connectivity index (χ1) is 11.1. The predicted octanol–water partition coefficient (Wildman–Crippen LogP) is 1.52. The summed E-state index contributed by atoms with van der Waals surface area (Å²) in [5.74, 6) is -0.0739. The fourth-order valence-electron chi connectivity index (χ4n) is 3.37. The van der Waals surface area contributed by atoms with E-state index in [0.29, 0.717) is 6.42 Å². The van der Waals surface area contributed by atoms with Crippen molar-refractivity contribution < 1.29 is 14.4 Å². The van der Waals surface area contributed by atoms with E-state index in [4.69, 9.17) is 0 Å². The standard InChI is InChI=1S/C17H19N3O3/c21-15-5-2-8-19(15)13-4-1-3-11(9-13)18-14-10-16(22)20(17(14)23)12-6-7-12/h1,3-4,9,12,14,18H,2,5-8,10H2/t14-/m1/s1. The van der Waals surface area contributed by atoms with Crippen LogP contribution in [-0.2, 0) is 14.4 Å². The second-order valence-electron chi connectivity index (χ2n) is 6.43. The molecule has 6 nitrogen and oxygen atoms in total. The smallest absolute Gasteiger partial charge is 0.252 e. The lowest BCUT2D eigenvalue weighted by molar-refractivity contribution is -0.139. The minimum Gasteiger partial charge on any atom is -0.373 e. The Morgan fingerprint density at radius 3 is 2.61 bits per heavy atom. The van der Waals surface area contributed by atoms with E-state index in [9.17, 15) is 14.4 Å². The number of carbonyl (C=O) groups is 3. The first kappa shape index (κ1) is 14.2. The van der Waals surface area contributed by atoms with Gasteiger partial charge in [-0.15, -0.1) is 0 Å². The molecule has 3 amide bonds. The number of hydrogen-bond donors (Lipinski definition) is 1. The number of nitrogens with zero attached hydrogens (tertiary/aromatic N) is 2. The number of rotatable bonds is 4. The second kappa shape index (κ2) is 5.37. The van der Waals surface area contributed by atoms with Gasteiger partial charge in [0.05, 0.1) is 6.42 Å².